The highest BCUT2D eigenvalue weighted by molar-refractivity contribution is 5.03. The molecule has 0 aliphatic heterocycles. The zero-order valence-electron chi connectivity index (χ0n) is 13.8. The molecular formula is C16H30N2O2. The molecule has 1 heterocycles. The largest absolute Gasteiger partial charge is 0.390 e. The van der Waals surface area contributed by atoms with E-state index in [9.17, 15) is 5.11 Å². The van der Waals surface area contributed by atoms with Crippen molar-refractivity contribution in [1.82, 2.24) is 9.78 Å². The monoisotopic (exact) mass is 282 g/mol. The van der Waals surface area contributed by atoms with Gasteiger partial charge in [-0.3, -0.25) is 4.68 Å². The van der Waals surface area contributed by atoms with Crippen LogP contribution in [0.25, 0.3) is 0 Å². The van der Waals surface area contributed by atoms with Crippen molar-refractivity contribution in [3.63, 3.8) is 0 Å². The van der Waals surface area contributed by atoms with E-state index >= 15 is 0 Å². The van der Waals surface area contributed by atoms with Gasteiger partial charge in [0.15, 0.2) is 0 Å². The summed E-state index contributed by atoms with van der Waals surface area (Å²) < 4.78 is 7.48. The van der Waals surface area contributed by atoms with E-state index in [2.05, 4.69) is 39.7 Å². The molecule has 0 spiro atoms. The maximum Gasteiger partial charge on any atom is 0.0882 e. The quantitative estimate of drug-likeness (QED) is 0.835. The highest BCUT2D eigenvalue weighted by Crippen LogP contribution is 2.26. The van der Waals surface area contributed by atoms with Crippen molar-refractivity contribution < 1.29 is 9.84 Å². The molecule has 1 aromatic rings. The predicted molar refractivity (Wildman–Crippen MR) is 81.8 cm³/mol. The van der Waals surface area contributed by atoms with Gasteiger partial charge in [-0.15, -0.1) is 0 Å². The molecule has 116 valence electrons. The molecule has 0 aliphatic rings. The average Bonchev–Trinajstić information content (AvgIpc) is 2.78. The SMILES string of the molecule is CCC(CC)n1ccc(CC(O)C(OC)C(C)(C)C)n1. The van der Waals surface area contributed by atoms with Crippen LogP contribution >= 0.6 is 0 Å². The molecular weight excluding hydrogens is 252 g/mol. The van der Waals surface area contributed by atoms with Gasteiger partial charge in [-0.25, -0.2) is 0 Å². The first-order valence-electron chi connectivity index (χ1n) is 7.58. The van der Waals surface area contributed by atoms with E-state index in [0.717, 1.165) is 18.5 Å². The van der Waals surface area contributed by atoms with Gasteiger partial charge in [0.1, 0.15) is 0 Å². The molecule has 0 radical (unpaired) electrons. The number of aliphatic hydroxyl groups excluding tert-OH is 1. The molecule has 0 aliphatic carbocycles. The number of hydrogen-bond acceptors (Lipinski definition) is 3. The van der Waals surface area contributed by atoms with Gasteiger partial charge < -0.3 is 9.84 Å². The van der Waals surface area contributed by atoms with Crippen molar-refractivity contribution in [3.8, 4) is 0 Å². The smallest absolute Gasteiger partial charge is 0.0882 e. The van der Waals surface area contributed by atoms with Crippen LogP contribution in [-0.4, -0.2) is 34.2 Å². The molecule has 0 bridgehead atoms. The zero-order chi connectivity index (χ0) is 15.3. The van der Waals surface area contributed by atoms with E-state index in [1.165, 1.54) is 0 Å². The Hall–Kier alpha value is -0.870. The lowest BCUT2D eigenvalue weighted by molar-refractivity contribution is -0.0702. The van der Waals surface area contributed by atoms with Crippen LogP contribution in [0.4, 0.5) is 0 Å². The van der Waals surface area contributed by atoms with Crippen LogP contribution in [-0.2, 0) is 11.2 Å². The van der Waals surface area contributed by atoms with Crippen LogP contribution in [0.1, 0.15) is 59.2 Å². The fraction of sp³-hybridized carbons (Fsp3) is 0.812. The highest BCUT2D eigenvalue weighted by Gasteiger charge is 2.31. The van der Waals surface area contributed by atoms with Gasteiger partial charge in [-0.1, -0.05) is 34.6 Å². The Labute approximate surface area is 123 Å². The van der Waals surface area contributed by atoms with Gasteiger partial charge >= 0.3 is 0 Å². The number of methoxy groups -OCH3 is 1. The molecule has 0 amide bonds. The van der Waals surface area contributed by atoms with Crippen LogP contribution in [0.2, 0.25) is 0 Å². The summed E-state index contributed by atoms with van der Waals surface area (Å²) in [6.45, 7) is 10.6. The summed E-state index contributed by atoms with van der Waals surface area (Å²) in [6.07, 6.45) is 3.96. The predicted octanol–water partition coefficient (Wildman–Crippen LogP) is 3.21. The van der Waals surface area contributed by atoms with Crippen LogP contribution in [0.3, 0.4) is 0 Å². The van der Waals surface area contributed by atoms with E-state index in [0.29, 0.717) is 12.5 Å². The van der Waals surface area contributed by atoms with Crippen LogP contribution in [0.15, 0.2) is 12.3 Å². The topological polar surface area (TPSA) is 47.3 Å². The lowest BCUT2D eigenvalue weighted by atomic mass is 9.84. The molecule has 1 N–H and O–H groups in total. The van der Waals surface area contributed by atoms with Crippen molar-refractivity contribution in [2.45, 2.75) is 72.1 Å². The first-order valence-corrected chi connectivity index (χ1v) is 7.58. The number of aliphatic hydroxyl groups is 1. The molecule has 0 saturated heterocycles. The number of ether oxygens (including phenoxy) is 1. The third-order valence-electron chi connectivity index (χ3n) is 3.86. The fourth-order valence-electron chi connectivity index (χ4n) is 2.76. The number of aromatic nitrogens is 2. The van der Waals surface area contributed by atoms with Crippen molar-refractivity contribution in [2.24, 2.45) is 5.41 Å². The average molecular weight is 282 g/mol. The normalized spacial score (nSPS) is 15.6. The zero-order valence-corrected chi connectivity index (χ0v) is 13.8. The Balaban J connectivity index is 2.73. The van der Waals surface area contributed by atoms with E-state index in [-0.39, 0.29) is 11.5 Å². The van der Waals surface area contributed by atoms with Gasteiger partial charge in [0.05, 0.1) is 23.9 Å². The minimum absolute atomic E-state index is 0.0912. The van der Waals surface area contributed by atoms with E-state index < -0.39 is 6.10 Å². The number of nitrogens with zero attached hydrogens (tertiary/aromatic N) is 2. The second-order valence-corrected chi connectivity index (χ2v) is 6.55. The Kier molecular flexibility index (Phi) is 6.21. The van der Waals surface area contributed by atoms with E-state index in [1.54, 1.807) is 7.11 Å². The molecule has 0 saturated carbocycles. The molecule has 0 aromatic carbocycles. The van der Waals surface area contributed by atoms with Gasteiger partial charge in [-0.2, -0.15) is 5.10 Å². The molecule has 4 nitrogen and oxygen atoms in total. The third-order valence-corrected chi connectivity index (χ3v) is 3.86. The molecule has 2 atom stereocenters. The van der Waals surface area contributed by atoms with Crippen LogP contribution in [0.5, 0.6) is 0 Å². The molecule has 1 rings (SSSR count). The lowest BCUT2D eigenvalue weighted by Crippen LogP contribution is -2.40. The van der Waals surface area contributed by atoms with Crippen molar-refractivity contribution >= 4 is 0 Å². The van der Waals surface area contributed by atoms with Gasteiger partial charge in [0, 0.05) is 19.7 Å². The van der Waals surface area contributed by atoms with Crippen LogP contribution in [0, 0.1) is 5.41 Å². The summed E-state index contributed by atoms with van der Waals surface area (Å²) in [6, 6.07) is 2.44. The Morgan fingerprint density at radius 2 is 1.90 bits per heavy atom. The van der Waals surface area contributed by atoms with Crippen molar-refractivity contribution in [2.75, 3.05) is 7.11 Å². The summed E-state index contributed by atoms with van der Waals surface area (Å²) in [5, 5.41) is 15.0. The Morgan fingerprint density at radius 3 is 2.35 bits per heavy atom. The molecule has 1 aromatic heterocycles. The molecule has 20 heavy (non-hydrogen) atoms. The Bertz CT molecular complexity index is 391. The van der Waals surface area contributed by atoms with E-state index in [1.807, 2.05) is 16.9 Å². The van der Waals surface area contributed by atoms with Gasteiger partial charge in [0.25, 0.3) is 0 Å². The van der Waals surface area contributed by atoms with Gasteiger partial charge in [0.2, 0.25) is 0 Å². The lowest BCUT2D eigenvalue weighted by Gasteiger charge is -2.32. The number of hydrogen-bond donors (Lipinski definition) is 1. The minimum atomic E-state index is -0.537. The second-order valence-electron chi connectivity index (χ2n) is 6.55. The minimum Gasteiger partial charge on any atom is -0.390 e. The van der Waals surface area contributed by atoms with E-state index in [4.69, 9.17) is 4.74 Å². The molecule has 4 heteroatoms. The first-order chi connectivity index (χ1) is 9.33. The van der Waals surface area contributed by atoms with Crippen LogP contribution < -0.4 is 0 Å². The second kappa shape index (κ2) is 7.23. The fourth-order valence-corrected chi connectivity index (χ4v) is 2.76. The summed E-state index contributed by atoms with van der Waals surface area (Å²) in [5.74, 6) is 0. The first kappa shape index (κ1) is 17.2. The molecule has 0 fully saturated rings. The summed E-state index contributed by atoms with van der Waals surface area (Å²) in [5.41, 5.74) is 0.835. The number of rotatable bonds is 7. The highest BCUT2D eigenvalue weighted by atomic mass is 16.5. The third kappa shape index (κ3) is 4.32. The van der Waals surface area contributed by atoms with Gasteiger partial charge in [-0.05, 0) is 24.3 Å². The summed E-state index contributed by atoms with van der Waals surface area (Å²) >= 11 is 0. The summed E-state index contributed by atoms with van der Waals surface area (Å²) in [4.78, 5) is 0. The standard InChI is InChI=1S/C16H30N2O2/c1-7-13(8-2)18-10-9-12(17-18)11-14(19)15(20-6)16(3,4)5/h9-10,13-15,19H,7-8,11H2,1-6H3. The maximum atomic E-state index is 10.4. The van der Waals surface area contributed by atoms with Crippen molar-refractivity contribution in [3.05, 3.63) is 18.0 Å². The summed E-state index contributed by atoms with van der Waals surface area (Å²) in [7, 11) is 1.65. The van der Waals surface area contributed by atoms with Crippen molar-refractivity contribution in [1.29, 1.82) is 0 Å². The Morgan fingerprint density at radius 1 is 1.30 bits per heavy atom. The maximum absolute atomic E-state index is 10.4. The molecule has 2 unspecified atom stereocenters.